The summed E-state index contributed by atoms with van der Waals surface area (Å²) in [6.45, 7) is 3.73. The Hall–Kier alpha value is -4.25. The van der Waals surface area contributed by atoms with Crippen molar-refractivity contribution in [1.29, 1.82) is 0 Å². The highest BCUT2D eigenvalue weighted by atomic mass is 16.3. The minimum atomic E-state index is -1.32. The predicted octanol–water partition coefficient (Wildman–Crippen LogP) is 2.22. The summed E-state index contributed by atoms with van der Waals surface area (Å²) in [7, 11) is 0. The molecule has 11 nitrogen and oxygen atoms in total. The van der Waals surface area contributed by atoms with E-state index in [0.717, 1.165) is 16.8 Å². The third-order valence-electron chi connectivity index (χ3n) is 8.74. The molecule has 2 aromatic rings. The molecule has 11 heteroatoms. The third-order valence-corrected chi connectivity index (χ3v) is 8.74. The third kappa shape index (κ3) is 8.91. The van der Waals surface area contributed by atoms with E-state index in [0.29, 0.717) is 51.5 Å². The molecule has 0 spiro atoms. The Morgan fingerprint density at radius 1 is 0.956 bits per heavy atom. The zero-order chi connectivity index (χ0) is 32.4. The molecule has 2 saturated heterocycles. The zero-order valence-corrected chi connectivity index (χ0v) is 26.1. The molecule has 2 aliphatic heterocycles. The summed E-state index contributed by atoms with van der Waals surface area (Å²) < 4.78 is 0. The molecule has 0 aromatic heterocycles. The molecule has 2 fully saturated rings. The summed E-state index contributed by atoms with van der Waals surface area (Å²) in [5.41, 5.74) is 1.20. The fourth-order valence-electron chi connectivity index (χ4n) is 5.76. The zero-order valence-electron chi connectivity index (χ0n) is 26.1. The fraction of sp³-hybridized carbons (Fsp3) is 0.500. The van der Waals surface area contributed by atoms with Gasteiger partial charge in [-0.2, -0.15) is 0 Å². The van der Waals surface area contributed by atoms with Gasteiger partial charge in [0, 0.05) is 31.7 Å². The van der Waals surface area contributed by atoms with Crippen LogP contribution in [-0.2, 0) is 36.8 Å². The Morgan fingerprint density at radius 3 is 2.36 bits per heavy atom. The van der Waals surface area contributed by atoms with Gasteiger partial charge < -0.3 is 31.3 Å². The van der Waals surface area contributed by atoms with E-state index in [1.807, 2.05) is 54.6 Å². The number of nitrogens with zero attached hydrogens (tertiary/aromatic N) is 1. The van der Waals surface area contributed by atoms with Crippen LogP contribution >= 0.6 is 0 Å². The van der Waals surface area contributed by atoms with Gasteiger partial charge in [-0.3, -0.25) is 24.0 Å². The lowest BCUT2D eigenvalue weighted by molar-refractivity contribution is -0.144. The van der Waals surface area contributed by atoms with Crippen molar-refractivity contribution >= 4 is 35.2 Å². The molecular weight excluding hydrogens is 574 g/mol. The number of carbonyl (C=O) groups is 5. The smallest absolute Gasteiger partial charge is 0.246 e. The highest BCUT2D eigenvalue weighted by Gasteiger charge is 2.43. The van der Waals surface area contributed by atoms with Gasteiger partial charge in [0.1, 0.15) is 23.7 Å². The van der Waals surface area contributed by atoms with Crippen LogP contribution in [-0.4, -0.2) is 76.4 Å². The first kappa shape index (κ1) is 33.6. The minimum absolute atomic E-state index is 0.0295. The number of hydrogen-bond donors (Lipinski definition) is 5. The van der Waals surface area contributed by atoms with E-state index in [-0.39, 0.29) is 31.3 Å². The molecule has 45 heavy (non-hydrogen) atoms. The van der Waals surface area contributed by atoms with Gasteiger partial charge in [-0.25, -0.2) is 0 Å². The minimum Gasteiger partial charge on any atom is -0.396 e. The second-order valence-electron chi connectivity index (χ2n) is 12.1. The van der Waals surface area contributed by atoms with Crippen molar-refractivity contribution in [2.75, 3.05) is 18.5 Å². The number of hydrogen-bond acceptors (Lipinski definition) is 6. The van der Waals surface area contributed by atoms with Gasteiger partial charge >= 0.3 is 0 Å². The van der Waals surface area contributed by atoms with Crippen LogP contribution in [0.4, 0.5) is 5.69 Å². The van der Waals surface area contributed by atoms with Crippen LogP contribution in [0.25, 0.3) is 0 Å². The van der Waals surface area contributed by atoms with Crippen molar-refractivity contribution in [2.24, 2.45) is 0 Å². The SMILES string of the molecule is CC[C@]1(C)NC(=O)[C@H](CCCCO)NC(=O)[C@H]2CCCN2C(=O)[C@H](Cc2ccc(CCC(=O)Nc3ccccc3)cc2)NC1=O. The summed E-state index contributed by atoms with van der Waals surface area (Å²) in [6.07, 6.45) is 3.70. The molecule has 2 heterocycles. The number of rotatable bonds is 11. The van der Waals surface area contributed by atoms with Crippen molar-refractivity contribution < 1.29 is 29.1 Å². The molecular formula is C34H45N5O6. The normalized spacial score (nSPS) is 24.1. The summed E-state index contributed by atoms with van der Waals surface area (Å²) in [5, 5.41) is 20.6. The first-order valence-electron chi connectivity index (χ1n) is 15.9. The Bertz CT molecular complexity index is 1350. The van der Waals surface area contributed by atoms with E-state index in [2.05, 4.69) is 21.3 Å². The second kappa shape index (κ2) is 15.7. The number of carbonyl (C=O) groups excluding carboxylic acids is 5. The maximum Gasteiger partial charge on any atom is 0.246 e. The summed E-state index contributed by atoms with van der Waals surface area (Å²) in [4.78, 5) is 68.3. The lowest BCUT2D eigenvalue weighted by Crippen LogP contribution is -2.65. The summed E-state index contributed by atoms with van der Waals surface area (Å²) in [6, 6.07) is 14.3. The molecule has 5 N–H and O–H groups in total. The Labute approximate surface area is 264 Å². The highest BCUT2D eigenvalue weighted by Crippen LogP contribution is 2.22. The average molecular weight is 620 g/mol. The van der Waals surface area contributed by atoms with Gasteiger partial charge in [0.25, 0.3) is 0 Å². The highest BCUT2D eigenvalue weighted by molar-refractivity contribution is 5.99. The first-order valence-corrected chi connectivity index (χ1v) is 15.9. The number of benzene rings is 2. The molecule has 4 rings (SSSR count). The number of anilines is 1. The van der Waals surface area contributed by atoms with Gasteiger partial charge in [-0.05, 0) is 75.1 Å². The van der Waals surface area contributed by atoms with Crippen LogP contribution in [0.1, 0.15) is 69.9 Å². The van der Waals surface area contributed by atoms with Gasteiger partial charge in [0.15, 0.2) is 0 Å². The molecule has 0 unspecified atom stereocenters. The number of fused-ring (bicyclic) bond motifs is 1. The van der Waals surface area contributed by atoms with E-state index in [4.69, 9.17) is 0 Å². The van der Waals surface area contributed by atoms with Crippen LogP contribution in [0.2, 0.25) is 0 Å². The van der Waals surface area contributed by atoms with Crippen LogP contribution < -0.4 is 21.3 Å². The molecule has 0 aliphatic carbocycles. The first-order chi connectivity index (χ1) is 21.6. The predicted molar refractivity (Wildman–Crippen MR) is 170 cm³/mol. The van der Waals surface area contributed by atoms with Crippen molar-refractivity contribution in [3.8, 4) is 0 Å². The topological polar surface area (TPSA) is 157 Å². The lowest BCUT2D eigenvalue weighted by Gasteiger charge is -2.36. The average Bonchev–Trinajstić information content (AvgIpc) is 3.53. The Balaban J connectivity index is 1.49. The van der Waals surface area contributed by atoms with Crippen LogP contribution in [0.15, 0.2) is 54.6 Å². The molecule has 5 amide bonds. The number of amides is 5. The summed E-state index contributed by atoms with van der Waals surface area (Å²) >= 11 is 0. The number of aliphatic hydroxyl groups is 1. The standard InChI is InChI=1S/C34H45N5O6/c1-3-34(2)33(45)37-27(22-24-16-14-23(15-17-24)18-19-29(41)35-25-10-5-4-6-11-25)32(44)39-20-9-13-28(39)31(43)36-26(30(42)38-34)12-7-8-21-40/h4-6,10-11,14-17,26-28,40H,3,7-9,12-13,18-22H2,1-2H3,(H,35,41)(H,36,43)(H,37,45)(H,38,42)/t26-,27-,28+,34-/m0/s1. The Kier molecular flexibility index (Phi) is 11.7. The molecule has 0 saturated carbocycles. The van der Waals surface area contributed by atoms with Crippen LogP contribution in [0.5, 0.6) is 0 Å². The number of aliphatic hydroxyl groups excluding tert-OH is 1. The van der Waals surface area contributed by atoms with Crippen molar-refractivity contribution in [2.45, 2.75) is 95.3 Å². The molecule has 2 aromatic carbocycles. The molecule has 2 aliphatic rings. The van der Waals surface area contributed by atoms with E-state index in [9.17, 15) is 29.1 Å². The van der Waals surface area contributed by atoms with E-state index in [1.54, 1.807) is 13.8 Å². The number of nitrogens with one attached hydrogen (secondary N) is 4. The molecule has 4 atom stereocenters. The van der Waals surface area contributed by atoms with Gasteiger partial charge in [-0.15, -0.1) is 0 Å². The van der Waals surface area contributed by atoms with E-state index in [1.165, 1.54) is 4.90 Å². The quantitative estimate of drug-likeness (QED) is 0.243. The molecule has 242 valence electrons. The maximum absolute atomic E-state index is 14.0. The maximum atomic E-state index is 14.0. The van der Waals surface area contributed by atoms with Crippen molar-refractivity contribution in [1.82, 2.24) is 20.9 Å². The molecule has 0 radical (unpaired) electrons. The monoisotopic (exact) mass is 619 g/mol. The second-order valence-corrected chi connectivity index (χ2v) is 12.1. The number of unbranched alkanes of at least 4 members (excludes halogenated alkanes) is 1. The van der Waals surface area contributed by atoms with Crippen molar-refractivity contribution in [3.05, 3.63) is 65.7 Å². The van der Waals surface area contributed by atoms with Crippen LogP contribution in [0.3, 0.4) is 0 Å². The number of aryl methyl sites for hydroxylation is 1. The number of para-hydroxylation sites is 1. The van der Waals surface area contributed by atoms with Crippen molar-refractivity contribution in [3.63, 3.8) is 0 Å². The van der Waals surface area contributed by atoms with Gasteiger partial charge in [-0.1, -0.05) is 49.4 Å². The van der Waals surface area contributed by atoms with Gasteiger partial charge in [0.05, 0.1) is 0 Å². The Morgan fingerprint density at radius 2 is 1.67 bits per heavy atom. The van der Waals surface area contributed by atoms with E-state index >= 15 is 0 Å². The van der Waals surface area contributed by atoms with Gasteiger partial charge in [0.2, 0.25) is 29.5 Å². The summed E-state index contributed by atoms with van der Waals surface area (Å²) in [5.74, 6) is -1.77. The lowest BCUT2D eigenvalue weighted by atomic mass is 9.94. The molecule has 0 bridgehead atoms. The fourth-order valence-corrected chi connectivity index (χ4v) is 5.76. The van der Waals surface area contributed by atoms with Crippen LogP contribution in [0, 0.1) is 0 Å². The largest absolute Gasteiger partial charge is 0.396 e. The van der Waals surface area contributed by atoms with E-state index < -0.39 is 41.4 Å².